The summed E-state index contributed by atoms with van der Waals surface area (Å²) in [7, 11) is -3.69. The molecule has 0 fully saturated rings. The monoisotopic (exact) mass is 313 g/mol. The molecule has 0 saturated carbocycles. The number of nitrogens with zero attached hydrogens (tertiary/aromatic N) is 2. The Morgan fingerprint density at radius 2 is 2.15 bits per heavy atom. The number of aromatic amines is 1. The van der Waals surface area contributed by atoms with Gasteiger partial charge in [0, 0.05) is 12.1 Å². The maximum Gasteiger partial charge on any atom is 0.281 e. The average molecular weight is 314 g/mol. The average Bonchev–Trinajstić information content (AvgIpc) is 2.88. The summed E-state index contributed by atoms with van der Waals surface area (Å²) in [5.41, 5.74) is 2.10. The predicted molar refractivity (Wildman–Crippen MR) is 79.5 cm³/mol. The van der Waals surface area contributed by atoms with Crippen LogP contribution in [-0.4, -0.2) is 25.2 Å². The highest BCUT2D eigenvalue weighted by atomic mass is 35.5. The van der Waals surface area contributed by atoms with Gasteiger partial charge in [-0.15, -0.1) is 11.6 Å². The van der Waals surface area contributed by atoms with Gasteiger partial charge in [0.25, 0.3) is 10.0 Å². The highest BCUT2D eigenvalue weighted by Gasteiger charge is 2.27. The van der Waals surface area contributed by atoms with E-state index in [4.69, 9.17) is 11.6 Å². The number of aromatic nitrogens is 2. The van der Waals surface area contributed by atoms with E-state index in [9.17, 15) is 8.42 Å². The number of rotatable bonds is 5. The van der Waals surface area contributed by atoms with Gasteiger partial charge < -0.3 is 0 Å². The van der Waals surface area contributed by atoms with Gasteiger partial charge >= 0.3 is 0 Å². The Hall–Kier alpha value is -1.53. The second-order valence-electron chi connectivity index (χ2n) is 4.37. The van der Waals surface area contributed by atoms with Gasteiger partial charge in [-0.2, -0.15) is 13.5 Å². The third-order valence-electron chi connectivity index (χ3n) is 2.95. The van der Waals surface area contributed by atoms with Crippen molar-refractivity contribution in [2.24, 2.45) is 0 Å². The topological polar surface area (TPSA) is 66.1 Å². The lowest BCUT2D eigenvalue weighted by molar-refractivity contribution is 0.587. The SMILES string of the molecule is CCN(c1cccc(C)c1)S(=O)(=O)c1[nH]ncc1CCl. The van der Waals surface area contributed by atoms with Crippen molar-refractivity contribution in [1.29, 1.82) is 0 Å². The first kappa shape index (κ1) is 14.9. The van der Waals surface area contributed by atoms with Crippen molar-refractivity contribution >= 4 is 27.3 Å². The first-order valence-corrected chi connectivity index (χ1v) is 8.15. The minimum Gasteiger partial charge on any atom is -0.266 e. The molecular weight excluding hydrogens is 298 g/mol. The number of alkyl halides is 1. The molecule has 0 aliphatic heterocycles. The zero-order chi connectivity index (χ0) is 14.8. The van der Waals surface area contributed by atoms with Crippen LogP contribution in [0.2, 0.25) is 0 Å². The lowest BCUT2D eigenvalue weighted by atomic mass is 10.2. The molecule has 1 aromatic heterocycles. The van der Waals surface area contributed by atoms with Crippen LogP contribution in [0.1, 0.15) is 18.1 Å². The smallest absolute Gasteiger partial charge is 0.266 e. The normalized spacial score (nSPS) is 11.6. The Morgan fingerprint density at radius 3 is 2.75 bits per heavy atom. The molecule has 7 heteroatoms. The summed E-state index contributed by atoms with van der Waals surface area (Å²) >= 11 is 5.76. The molecule has 20 heavy (non-hydrogen) atoms. The standard InChI is InChI=1S/C13H16ClN3O2S/c1-3-17(12-6-4-5-10(2)7-12)20(18,19)13-11(8-14)9-15-16-13/h4-7,9H,3,8H2,1-2H3,(H,15,16). The number of anilines is 1. The fourth-order valence-electron chi connectivity index (χ4n) is 2.00. The number of aryl methyl sites for hydroxylation is 1. The molecular formula is C13H16ClN3O2S. The van der Waals surface area contributed by atoms with E-state index in [1.165, 1.54) is 10.5 Å². The van der Waals surface area contributed by atoms with Crippen molar-refractivity contribution in [1.82, 2.24) is 10.2 Å². The molecule has 0 atom stereocenters. The van der Waals surface area contributed by atoms with E-state index in [-0.39, 0.29) is 10.9 Å². The van der Waals surface area contributed by atoms with E-state index in [1.54, 1.807) is 13.0 Å². The van der Waals surface area contributed by atoms with E-state index >= 15 is 0 Å². The van der Waals surface area contributed by atoms with Crippen molar-refractivity contribution < 1.29 is 8.42 Å². The van der Waals surface area contributed by atoms with Gasteiger partial charge in [0.15, 0.2) is 5.03 Å². The van der Waals surface area contributed by atoms with Crippen LogP contribution in [-0.2, 0) is 15.9 Å². The van der Waals surface area contributed by atoms with Crippen LogP contribution in [0.25, 0.3) is 0 Å². The number of benzene rings is 1. The molecule has 0 saturated heterocycles. The van der Waals surface area contributed by atoms with E-state index in [0.29, 0.717) is 17.8 Å². The molecule has 0 spiro atoms. The number of hydrogen-bond donors (Lipinski definition) is 1. The molecule has 1 aromatic carbocycles. The summed E-state index contributed by atoms with van der Waals surface area (Å²) in [5, 5.41) is 6.36. The first-order valence-electron chi connectivity index (χ1n) is 6.18. The van der Waals surface area contributed by atoms with E-state index in [0.717, 1.165) is 5.56 Å². The van der Waals surface area contributed by atoms with E-state index in [2.05, 4.69) is 10.2 Å². The molecule has 0 amide bonds. The predicted octanol–water partition coefficient (Wildman–Crippen LogP) is 2.67. The molecule has 108 valence electrons. The lowest BCUT2D eigenvalue weighted by Crippen LogP contribution is -2.31. The van der Waals surface area contributed by atoms with E-state index < -0.39 is 10.0 Å². The number of nitrogens with one attached hydrogen (secondary N) is 1. The molecule has 0 radical (unpaired) electrons. The van der Waals surface area contributed by atoms with Gasteiger partial charge in [-0.05, 0) is 31.5 Å². The van der Waals surface area contributed by atoms with Gasteiger partial charge in [-0.1, -0.05) is 12.1 Å². The molecule has 2 rings (SSSR count). The molecule has 1 N–H and O–H groups in total. The molecule has 0 aliphatic rings. The Labute approximate surface area is 123 Å². The Morgan fingerprint density at radius 1 is 1.40 bits per heavy atom. The van der Waals surface area contributed by atoms with E-state index in [1.807, 2.05) is 25.1 Å². The Balaban J connectivity index is 2.51. The Bertz CT molecular complexity index is 697. The summed E-state index contributed by atoms with van der Waals surface area (Å²) in [5.74, 6) is 0.0937. The third kappa shape index (κ3) is 2.66. The van der Waals surface area contributed by atoms with Crippen LogP contribution in [0.4, 0.5) is 5.69 Å². The van der Waals surface area contributed by atoms with Crippen LogP contribution < -0.4 is 4.31 Å². The van der Waals surface area contributed by atoms with Gasteiger partial charge in [0.2, 0.25) is 0 Å². The molecule has 0 unspecified atom stereocenters. The highest BCUT2D eigenvalue weighted by molar-refractivity contribution is 7.92. The van der Waals surface area contributed by atoms with Gasteiger partial charge in [0.05, 0.1) is 17.8 Å². The van der Waals surface area contributed by atoms with Crippen molar-refractivity contribution in [2.75, 3.05) is 10.8 Å². The summed E-state index contributed by atoms with van der Waals surface area (Å²) < 4.78 is 26.8. The number of hydrogen-bond acceptors (Lipinski definition) is 3. The fourth-order valence-corrected chi connectivity index (χ4v) is 3.86. The van der Waals surface area contributed by atoms with Crippen molar-refractivity contribution in [3.8, 4) is 0 Å². The maximum absolute atomic E-state index is 12.7. The summed E-state index contributed by atoms with van der Waals surface area (Å²) in [6.45, 7) is 4.04. The van der Waals surface area contributed by atoms with Crippen molar-refractivity contribution in [2.45, 2.75) is 24.8 Å². The molecule has 0 bridgehead atoms. The fraction of sp³-hybridized carbons (Fsp3) is 0.308. The van der Waals surface area contributed by atoms with Gasteiger partial charge in [-0.3, -0.25) is 9.40 Å². The summed E-state index contributed by atoms with van der Waals surface area (Å²) in [6, 6.07) is 7.35. The van der Waals surface area contributed by atoms with Crippen LogP contribution in [0.15, 0.2) is 35.5 Å². The zero-order valence-corrected chi connectivity index (χ0v) is 12.9. The largest absolute Gasteiger partial charge is 0.281 e. The second-order valence-corrected chi connectivity index (χ2v) is 6.43. The number of halogens is 1. The first-order chi connectivity index (χ1) is 9.50. The van der Waals surface area contributed by atoms with Crippen LogP contribution in [0, 0.1) is 6.92 Å². The van der Waals surface area contributed by atoms with Crippen molar-refractivity contribution in [3.63, 3.8) is 0 Å². The summed E-state index contributed by atoms with van der Waals surface area (Å²) in [6.07, 6.45) is 1.43. The Kier molecular flexibility index (Phi) is 4.35. The number of sulfonamides is 1. The maximum atomic E-state index is 12.7. The zero-order valence-electron chi connectivity index (χ0n) is 11.3. The quantitative estimate of drug-likeness (QED) is 0.863. The molecule has 2 aromatic rings. The third-order valence-corrected chi connectivity index (χ3v) is 5.15. The molecule has 5 nitrogen and oxygen atoms in total. The lowest BCUT2D eigenvalue weighted by Gasteiger charge is -2.22. The van der Waals surface area contributed by atoms with Gasteiger partial charge in [-0.25, -0.2) is 0 Å². The second kappa shape index (κ2) is 5.85. The number of H-pyrrole nitrogens is 1. The van der Waals surface area contributed by atoms with Crippen LogP contribution in [0.5, 0.6) is 0 Å². The molecule has 1 heterocycles. The van der Waals surface area contributed by atoms with Crippen LogP contribution >= 0.6 is 11.6 Å². The van der Waals surface area contributed by atoms with Crippen LogP contribution in [0.3, 0.4) is 0 Å². The highest BCUT2D eigenvalue weighted by Crippen LogP contribution is 2.25. The molecule has 0 aliphatic carbocycles. The minimum atomic E-state index is -3.69. The minimum absolute atomic E-state index is 0.0517. The van der Waals surface area contributed by atoms with Crippen molar-refractivity contribution in [3.05, 3.63) is 41.6 Å². The van der Waals surface area contributed by atoms with Gasteiger partial charge in [0.1, 0.15) is 0 Å². The summed E-state index contributed by atoms with van der Waals surface area (Å²) in [4.78, 5) is 0.